The third-order valence-electron chi connectivity index (χ3n) is 3.33. The second-order valence-corrected chi connectivity index (χ2v) is 5.19. The molecule has 2 N–H and O–H groups in total. The number of aromatic amines is 1. The summed E-state index contributed by atoms with van der Waals surface area (Å²) >= 11 is 0. The number of rotatable bonds is 6. The number of benzene rings is 2. The van der Waals surface area contributed by atoms with Crippen LogP contribution in [0.3, 0.4) is 0 Å². The van der Waals surface area contributed by atoms with Crippen molar-refractivity contribution in [2.45, 2.75) is 13.3 Å². The first-order valence-corrected chi connectivity index (χ1v) is 7.29. The van der Waals surface area contributed by atoms with Gasteiger partial charge in [0.15, 0.2) is 0 Å². The second-order valence-electron chi connectivity index (χ2n) is 5.19. The third-order valence-corrected chi connectivity index (χ3v) is 3.33. The average molecular weight is 299 g/mol. The van der Waals surface area contributed by atoms with Gasteiger partial charge in [0, 0.05) is 6.54 Å². The normalized spacial score (nSPS) is 10.8. The Morgan fingerprint density at radius 2 is 2.00 bits per heavy atom. The van der Waals surface area contributed by atoms with Crippen molar-refractivity contribution in [3.63, 3.8) is 0 Å². The van der Waals surface area contributed by atoms with E-state index in [9.17, 15) is 4.39 Å². The van der Waals surface area contributed by atoms with Gasteiger partial charge in [-0.15, -0.1) is 0 Å². The molecule has 3 aromatic rings. The van der Waals surface area contributed by atoms with E-state index in [0.29, 0.717) is 12.4 Å². The van der Waals surface area contributed by atoms with Crippen molar-refractivity contribution in [2.24, 2.45) is 0 Å². The second kappa shape index (κ2) is 6.47. The molecule has 22 heavy (non-hydrogen) atoms. The lowest BCUT2D eigenvalue weighted by molar-refractivity contribution is 0.314. The number of halogens is 1. The van der Waals surface area contributed by atoms with Crippen molar-refractivity contribution in [2.75, 3.05) is 18.5 Å². The first-order valence-electron chi connectivity index (χ1n) is 7.29. The number of anilines is 1. The van der Waals surface area contributed by atoms with Crippen molar-refractivity contribution in [1.29, 1.82) is 0 Å². The van der Waals surface area contributed by atoms with Crippen LogP contribution in [0.5, 0.6) is 5.75 Å². The molecule has 0 spiro atoms. The van der Waals surface area contributed by atoms with E-state index in [4.69, 9.17) is 4.74 Å². The SMILES string of the molecule is Cc1ccc2nc(NCCCOc3ccc(F)cc3)[nH]c2c1. The highest BCUT2D eigenvalue weighted by Crippen LogP contribution is 2.15. The van der Waals surface area contributed by atoms with Gasteiger partial charge in [0.1, 0.15) is 11.6 Å². The topological polar surface area (TPSA) is 49.9 Å². The Labute approximate surface area is 128 Å². The lowest BCUT2D eigenvalue weighted by atomic mass is 10.2. The molecular weight excluding hydrogens is 281 g/mol. The molecule has 0 aliphatic carbocycles. The van der Waals surface area contributed by atoms with Crippen LogP contribution in [0.15, 0.2) is 42.5 Å². The van der Waals surface area contributed by atoms with Crippen LogP contribution in [0.1, 0.15) is 12.0 Å². The minimum Gasteiger partial charge on any atom is -0.494 e. The van der Waals surface area contributed by atoms with Gasteiger partial charge in [0.25, 0.3) is 0 Å². The molecule has 0 fully saturated rings. The summed E-state index contributed by atoms with van der Waals surface area (Å²) in [6, 6.07) is 12.2. The first-order chi connectivity index (χ1) is 10.7. The maximum absolute atomic E-state index is 12.8. The molecule has 0 atom stereocenters. The largest absolute Gasteiger partial charge is 0.494 e. The fourth-order valence-electron chi connectivity index (χ4n) is 2.21. The highest BCUT2D eigenvalue weighted by Gasteiger charge is 2.02. The average Bonchev–Trinajstić information content (AvgIpc) is 2.90. The molecule has 0 unspecified atom stereocenters. The molecule has 2 aromatic carbocycles. The van der Waals surface area contributed by atoms with Crippen LogP contribution in [0.2, 0.25) is 0 Å². The summed E-state index contributed by atoms with van der Waals surface area (Å²) in [5, 5.41) is 3.24. The Kier molecular flexibility index (Phi) is 4.23. The number of ether oxygens (including phenoxy) is 1. The van der Waals surface area contributed by atoms with E-state index in [0.717, 1.165) is 29.9 Å². The summed E-state index contributed by atoms with van der Waals surface area (Å²) in [5.41, 5.74) is 3.19. The van der Waals surface area contributed by atoms with Gasteiger partial charge < -0.3 is 15.0 Å². The van der Waals surface area contributed by atoms with Crippen LogP contribution < -0.4 is 10.1 Å². The van der Waals surface area contributed by atoms with Crippen molar-refractivity contribution in [3.8, 4) is 5.75 Å². The summed E-state index contributed by atoms with van der Waals surface area (Å²) in [6.07, 6.45) is 0.827. The predicted octanol–water partition coefficient (Wildman–Crippen LogP) is 3.89. The quantitative estimate of drug-likeness (QED) is 0.679. The van der Waals surface area contributed by atoms with Crippen molar-refractivity contribution in [1.82, 2.24) is 9.97 Å². The minimum atomic E-state index is -0.255. The van der Waals surface area contributed by atoms with Crippen LogP contribution in [0.4, 0.5) is 10.3 Å². The molecule has 0 saturated heterocycles. The highest BCUT2D eigenvalue weighted by atomic mass is 19.1. The van der Waals surface area contributed by atoms with Crippen LogP contribution in [-0.4, -0.2) is 23.1 Å². The maximum atomic E-state index is 12.8. The Morgan fingerprint density at radius 1 is 1.18 bits per heavy atom. The molecule has 0 amide bonds. The van der Waals surface area contributed by atoms with E-state index in [2.05, 4.69) is 28.3 Å². The molecule has 1 heterocycles. The van der Waals surface area contributed by atoms with Crippen LogP contribution in [0.25, 0.3) is 11.0 Å². The van der Waals surface area contributed by atoms with Crippen molar-refractivity contribution >= 4 is 17.0 Å². The van der Waals surface area contributed by atoms with Crippen LogP contribution in [-0.2, 0) is 0 Å². The molecule has 5 heteroatoms. The maximum Gasteiger partial charge on any atom is 0.201 e. The molecular formula is C17H18FN3O. The fourth-order valence-corrected chi connectivity index (χ4v) is 2.21. The molecule has 1 aromatic heterocycles. The monoisotopic (exact) mass is 299 g/mol. The number of imidazole rings is 1. The lowest BCUT2D eigenvalue weighted by Gasteiger charge is -2.06. The van der Waals surface area contributed by atoms with E-state index in [1.54, 1.807) is 12.1 Å². The summed E-state index contributed by atoms with van der Waals surface area (Å²) in [4.78, 5) is 7.72. The Hall–Kier alpha value is -2.56. The highest BCUT2D eigenvalue weighted by molar-refractivity contribution is 5.78. The zero-order valence-electron chi connectivity index (χ0n) is 12.4. The summed E-state index contributed by atoms with van der Waals surface area (Å²) < 4.78 is 18.3. The Bertz CT molecular complexity index is 752. The first kappa shape index (κ1) is 14.4. The van der Waals surface area contributed by atoms with Gasteiger partial charge in [0.2, 0.25) is 5.95 Å². The number of aryl methyl sites for hydroxylation is 1. The van der Waals surface area contributed by atoms with Gasteiger partial charge in [-0.3, -0.25) is 0 Å². The van der Waals surface area contributed by atoms with Gasteiger partial charge in [-0.1, -0.05) is 6.07 Å². The minimum absolute atomic E-state index is 0.255. The number of hydrogen-bond donors (Lipinski definition) is 2. The fraction of sp³-hybridized carbons (Fsp3) is 0.235. The van der Waals surface area contributed by atoms with Crippen molar-refractivity contribution in [3.05, 3.63) is 53.8 Å². The van der Waals surface area contributed by atoms with E-state index >= 15 is 0 Å². The number of H-pyrrole nitrogens is 1. The Morgan fingerprint density at radius 3 is 2.82 bits per heavy atom. The van der Waals surface area contributed by atoms with Crippen LogP contribution in [0, 0.1) is 12.7 Å². The molecule has 0 bridgehead atoms. The molecule has 4 nitrogen and oxygen atoms in total. The predicted molar refractivity (Wildman–Crippen MR) is 85.8 cm³/mol. The van der Waals surface area contributed by atoms with Gasteiger partial charge in [-0.25, -0.2) is 9.37 Å². The number of fused-ring (bicyclic) bond motifs is 1. The lowest BCUT2D eigenvalue weighted by Crippen LogP contribution is -2.08. The molecule has 3 rings (SSSR count). The number of hydrogen-bond acceptors (Lipinski definition) is 3. The summed E-state index contributed by atoms with van der Waals surface area (Å²) in [6.45, 7) is 3.37. The zero-order valence-corrected chi connectivity index (χ0v) is 12.4. The molecule has 0 saturated carbocycles. The standard InChI is InChI=1S/C17H18FN3O/c1-12-3-8-15-16(11-12)21-17(20-15)19-9-2-10-22-14-6-4-13(18)5-7-14/h3-8,11H,2,9-10H2,1H3,(H2,19,20,21). The number of aromatic nitrogens is 2. The molecule has 114 valence electrons. The van der Waals surface area contributed by atoms with E-state index in [1.807, 2.05) is 12.1 Å². The number of nitrogens with one attached hydrogen (secondary N) is 2. The smallest absolute Gasteiger partial charge is 0.201 e. The molecule has 0 radical (unpaired) electrons. The van der Waals surface area contributed by atoms with Gasteiger partial charge in [-0.2, -0.15) is 0 Å². The summed E-state index contributed by atoms with van der Waals surface area (Å²) in [5.74, 6) is 1.19. The van der Waals surface area contributed by atoms with E-state index < -0.39 is 0 Å². The van der Waals surface area contributed by atoms with Crippen LogP contribution >= 0.6 is 0 Å². The van der Waals surface area contributed by atoms with E-state index in [1.165, 1.54) is 17.7 Å². The van der Waals surface area contributed by atoms with Gasteiger partial charge in [0.05, 0.1) is 17.6 Å². The zero-order chi connectivity index (χ0) is 15.4. The van der Waals surface area contributed by atoms with E-state index in [-0.39, 0.29) is 5.82 Å². The van der Waals surface area contributed by atoms with Gasteiger partial charge >= 0.3 is 0 Å². The Balaban J connectivity index is 1.45. The molecule has 0 aliphatic rings. The number of nitrogens with zero attached hydrogens (tertiary/aromatic N) is 1. The van der Waals surface area contributed by atoms with Gasteiger partial charge in [-0.05, 0) is 55.3 Å². The molecule has 0 aliphatic heterocycles. The summed E-state index contributed by atoms with van der Waals surface area (Å²) in [7, 11) is 0. The third kappa shape index (κ3) is 3.55. The van der Waals surface area contributed by atoms with Crippen molar-refractivity contribution < 1.29 is 9.13 Å².